The van der Waals surface area contributed by atoms with Crippen LogP contribution in [0.5, 0.6) is 0 Å². The molecule has 0 aromatic carbocycles. The van der Waals surface area contributed by atoms with E-state index >= 15 is 0 Å². The zero-order valence-electron chi connectivity index (χ0n) is 10.1. The quantitative estimate of drug-likeness (QED) is 0.450. The summed E-state index contributed by atoms with van der Waals surface area (Å²) < 4.78 is -0.0617. The predicted octanol–water partition coefficient (Wildman–Crippen LogP) is 0.441. The van der Waals surface area contributed by atoms with Gasteiger partial charge in [-0.1, -0.05) is 13.3 Å². The number of nitrogens with zero attached hydrogens (tertiary/aromatic N) is 1. The second-order valence-electron chi connectivity index (χ2n) is 3.97. The van der Waals surface area contributed by atoms with Crippen LogP contribution in [0, 0.1) is 0 Å². The molecule has 15 heavy (non-hydrogen) atoms. The van der Waals surface area contributed by atoms with Gasteiger partial charge in [-0.2, -0.15) is 0 Å². The molecule has 0 rings (SSSR count). The van der Waals surface area contributed by atoms with E-state index < -0.39 is 18.7 Å². The minimum Gasteiger partial charge on any atom is -0.870 e. The molecule has 0 spiro atoms. The Balaban J connectivity index is 0. The average molecular weight is 223 g/mol. The fourth-order valence-electron chi connectivity index (χ4n) is 1.93. The molecule has 0 aromatic heterocycles. The maximum atomic E-state index is 9.68. The number of unbranched alkanes of at least 4 members (excludes halogenated alkanes) is 1. The summed E-state index contributed by atoms with van der Waals surface area (Å²) in [4.78, 5) is 0. The third-order valence-corrected chi connectivity index (χ3v) is 2.99. The molecular weight excluding hydrogens is 198 g/mol. The predicted molar refractivity (Wildman–Crippen MR) is 57.0 cm³/mol. The molecule has 94 valence electrons. The van der Waals surface area contributed by atoms with Crippen molar-refractivity contribution < 1.29 is 25.3 Å². The Hall–Kier alpha value is -0.200. The second kappa shape index (κ2) is 7.14. The first kappa shape index (κ1) is 17.2. The van der Waals surface area contributed by atoms with Crippen molar-refractivity contribution in [2.75, 3.05) is 6.54 Å². The molecule has 0 saturated carbocycles. The third kappa shape index (κ3) is 3.70. The smallest absolute Gasteiger partial charge is 0.191 e. The summed E-state index contributed by atoms with van der Waals surface area (Å²) in [5.41, 5.74) is 0. The van der Waals surface area contributed by atoms with Crippen LogP contribution in [0.1, 0.15) is 40.5 Å². The molecule has 5 heteroatoms. The van der Waals surface area contributed by atoms with Gasteiger partial charge < -0.3 is 20.8 Å². The molecule has 0 aliphatic rings. The standard InChI is InChI=1S/C10H24NO3.H2O/c1-5-6-7-11(8(2)12,9(3)13)10(4)14;/h8-10,12-14H,5-7H2,1-4H3;1H2/q+1;/p-1. The Morgan fingerprint density at radius 2 is 1.27 bits per heavy atom. The summed E-state index contributed by atoms with van der Waals surface area (Å²) in [5.74, 6) is 0. The topological polar surface area (TPSA) is 90.7 Å². The van der Waals surface area contributed by atoms with Crippen LogP contribution in [0.25, 0.3) is 0 Å². The summed E-state index contributed by atoms with van der Waals surface area (Å²) in [5, 5.41) is 29.0. The van der Waals surface area contributed by atoms with Gasteiger partial charge >= 0.3 is 0 Å². The summed E-state index contributed by atoms with van der Waals surface area (Å²) in [6, 6.07) is 0. The van der Waals surface area contributed by atoms with Crippen molar-refractivity contribution in [2.45, 2.75) is 59.2 Å². The molecule has 0 heterocycles. The van der Waals surface area contributed by atoms with Gasteiger partial charge in [0, 0.05) is 20.8 Å². The number of quaternary nitrogens is 1. The van der Waals surface area contributed by atoms with Crippen LogP contribution < -0.4 is 0 Å². The van der Waals surface area contributed by atoms with Gasteiger partial charge in [-0.25, -0.2) is 4.48 Å². The van der Waals surface area contributed by atoms with Gasteiger partial charge in [-0.15, -0.1) is 0 Å². The zero-order chi connectivity index (χ0) is 11.4. The van der Waals surface area contributed by atoms with Crippen molar-refractivity contribution in [1.29, 1.82) is 0 Å². The lowest BCUT2D eigenvalue weighted by Gasteiger charge is -2.45. The highest BCUT2D eigenvalue weighted by molar-refractivity contribution is 4.48. The van der Waals surface area contributed by atoms with E-state index in [-0.39, 0.29) is 9.96 Å². The van der Waals surface area contributed by atoms with Gasteiger partial charge in [-0.3, -0.25) is 0 Å². The normalized spacial score (nSPS) is 21.0. The third-order valence-electron chi connectivity index (χ3n) is 2.99. The highest BCUT2D eigenvalue weighted by Gasteiger charge is 2.41. The average Bonchev–Trinajstić information content (AvgIpc) is 2.03. The molecule has 0 radical (unpaired) electrons. The molecular formula is C10H25NO4. The molecule has 0 aliphatic carbocycles. The van der Waals surface area contributed by atoms with Gasteiger partial charge in [0.25, 0.3) is 0 Å². The first-order valence-electron chi connectivity index (χ1n) is 5.30. The Bertz CT molecular complexity index is 138. The van der Waals surface area contributed by atoms with Crippen LogP contribution in [0.2, 0.25) is 0 Å². The van der Waals surface area contributed by atoms with Crippen molar-refractivity contribution in [3.63, 3.8) is 0 Å². The molecule has 5 nitrogen and oxygen atoms in total. The minimum absolute atomic E-state index is 0. The van der Waals surface area contributed by atoms with Crippen molar-refractivity contribution in [3.8, 4) is 0 Å². The SMILES string of the molecule is CCCC[N+](C(C)O)(C(C)O)C(C)O.[OH-]. The lowest BCUT2D eigenvalue weighted by atomic mass is 10.2. The summed E-state index contributed by atoms with van der Waals surface area (Å²) in [6.07, 6.45) is -0.433. The van der Waals surface area contributed by atoms with E-state index in [2.05, 4.69) is 0 Å². The highest BCUT2D eigenvalue weighted by Crippen LogP contribution is 2.22. The number of hydrogen-bond acceptors (Lipinski definition) is 4. The van der Waals surface area contributed by atoms with Crippen LogP contribution in [-0.4, -0.2) is 50.5 Å². The number of hydrogen-bond donors (Lipinski definition) is 3. The summed E-state index contributed by atoms with van der Waals surface area (Å²) in [7, 11) is 0. The van der Waals surface area contributed by atoms with Crippen molar-refractivity contribution >= 4 is 0 Å². The Morgan fingerprint density at radius 1 is 0.933 bits per heavy atom. The lowest BCUT2D eigenvalue weighted by molar-refractivity contribution is -1.04. The fraction of sp³-hybridized carbons (Fsp3) is 1.00. The van der Waals surface area contributed by atoms with Gasteiger partial charge in [0.15, 0.2) is 18.7 Å². The first-order chi connectivity index (χ1) is 6.39. The van der Waals surface area contributed by atoms with E-state index in [1.165, 1.54) is 0 Å². The Labute approximate surface area is 91.9 Å². The van der Waals surface area contributed by atoms with Gasteiger partial charge in [0.1, 0.15) is 0 Å². The van der Waals surface area contributed by atoms with Crippen molar-refractivity contribution in [3.05, 3.63) is 0 Å². The van der Waals surface area contributed by atoms with Crippen LogP contribution in [-0.2, 0) is 0 Å². The van der Waals surface area contributed by atoms with Crippen molar-refractivity contribution in [2.24, 2.45) is 0 Å². The van der Waals surface area contributed by atoms with Crippen LogP contribution in [0.3, 0.4) is 0 Å². The molecule has 0 aliphatic heterocycles. The van der Waals surface area contributed by atoms with Crippen molar-refractivity contribution in [1.82, 2.24) is 0 Å². The largest absolute Gasteiger partial charge is 0.870 e. The summed E-state index contributed by atoms with van der Waals surface area (Å²) >= 11 is 0. The Kier molecular flexibility index (Phi) is 8.18. The number of rotatable bonds is 6. The van der Waals surface area contributed by atoms with E-state index in [1.807, 2.05) is 6.92 Å². The Morgan fingerprint density at radius 3 is 1.47 bits per heavy atom. The fourth-order valence-corrected chi connectivity index (χ4v) is 1.93. The molecule has 3 atom stereocenters. The number of aliphatic hydroxyl groups is 3. The monoisotopic (exact) mass is 223 g/mol. The minimum atomic E-state index is -0.762. The highest BCUT2D eigenvalue weighted by atomic mass is 16.4. The van der Waals surface area contributed by atoms with E-state index in [0.29, 0.717) is 6.54 Å². The van der Waals surface area contributed by atoms with E-state index in [0.717, 1.165) is 12.8 Å². The maximum Gasteiger partial charge on any atom is 0.191 e. The lowest BCUT2D eigenvalue weighted by Crippen LogP contribution is -2.64. The van der Waals surface area contributed by atoms with Gasteiger partial charge in [0.05, 0.1) is 6.54 Å². The van der Waals surface area contributed by atoms with E-state index in [1.54, 1.807) is 20.8 Å². The molecule has 4 N–H and O–H groups in total. The molecule has 0 fully saturated rings. The van der Waals surface area contributed by atoms with Crippen LogP contribution in [0.15, 0.2) is 0 Å². The maximum absolute atomic E-state index is 9.68. The van der Waals surface area contributed by atoms with Crippen LogP contribution >= 0.6 is 0 Å². The molecule has 0 amide bonds. The van der Waals surface area contributed by atoms with E-state index in [9.17, 15) is 15.3 Å². The number of aliphatic hydroxyl groups excluding tert-OH is 3. The van der Waals surface area contributed by atoms with Crippen LogP contribution in [0.4, 0.5) is 0 Å². The van der Waals surface area contributed by atoms with Gasteiger partial charge in [0.2, 0.25) is 0 Å². The molecule has 0 saturated heterocycles. The molecule has 0 aromatic rings. The molecule has 0 bridgehead atoms. The zero-order valence-corrected chi connectivity index (χ0v) is 10.1. The van der Waals surface area contributed by atoms with Gasteiger partial charge in [-0.05, 0) is 6.42 Å². The second-order valence-corrected chi connectivity index (χ2v) is 3.97. The van der Waals surface area contributed by atoms with E-state index in [4.69, 9.17) is 0 Å². The molecule has 3 unspecified atom stereocenters. The summed E-state index contributed by atoms with van der Waals surface area (Å²) in [6.45, 7) is 7.45. The first-order valence-corrected chi connectivity index (χ1v) is 5.30.